The zero-order valence-electron chi connectivity index (χ0n) is 14.9. The van der Waals surface area contributed by atoms with Crippen molar-refractivity contribution in [3.63, 3.8) is 0 Å². The molecule has 4 fully saturated rings. The van der Waals surface area contributed by atoms with Gasteiger partial charge in [-0.25, -0.2) is 0 Å². The Labute approximate surface area is 139 Å². The molecule has 2 heterocycles. The number of carbonyl (C=O) groups excluding carboxylic acids is 2. The van der Waals surface area contributed by atoms with Crippen LogP contribution in [0.5, 0.6) is 0 Å². The van der Waals surface area contributed by atoms with Gasteiger partial charge in [-0.15, -0.1) is 0 Å². The number of hydrogen-bond acceptors (Lipinski definition) is 4. The third kappa shape index (κ3) is 3.56. The Kier molecular flexibility index (Phi) is 4.22. The summed E-state index contributed by atoms with van der Waals surface area (Å²) in [4.78, 5) is 24.9. The van der Waals surface area contributed by atoms with E-state index in [1.54, 1.807) is 0 Å². The molecule has 5 atom stereocenters. The first-order valence-corrected chi connectivity index (χ1v) is 9.13. The quantitative estimate of drug-likeness (QED) is 0.737. The van der Waals surface area contributed by atoms with Crippen molar-refractivity contribution in [2.45, 2.75) is 84.3 Å². The van der Waals surface area contributed by atoms with Crippen molar-refractivity contribution in [1.82, 2.24) is 0 Å². The summed E-state index contributed by atoms with van der Waals surface area (Å²) >= 11 is 0. The van der Waals surface area contributed by atoms with Gasteiger partial charge in [0.25, 0.3) is 0 Å². The summed E-state index contributed by atoms with van der Waals surface area (Å²) < 4.78 is 11.7. The van der Waals surface area contributed by atoms with Gasteiger partial charge in [0.1, 0.15) is 11.7 Å². The molecule has 2 aliphatic carbocycles. The highest BCUT2D eigenvalue weighted by atomic mass is 16.6. The smallest absolute Gasteiger partial charge is 0.309 e. The van der Waals surface area contributed by atoms with Crippen LogP contribution in [0.25, 0.3) is 0 Å². The molecule has 2 aliphatic heterocycles. The fourth-order valence-corrected chi connectivity index (χ4v) is 4.93. The topological polar surface area (TPSA) is 52.6 Å². The van der Waals surface area contributed by atoms with Crippen LogP contribution in [-0.2, 0) is 19.1 Å². The molecule has 4 aliphatic rings. The second-order valence-corrected chi connectivity index (χ2v) is 9.18. The van der Waals surface area contributed by atoms with Gasteiger partial charge >= 0.3 is 11.9 Å². The minimum absolute atomic E-state index is 0.0516. The lowest BCUT2D eigenvalue weighted by Gasteiger charge is -2.46. The molecule has 23 heavy (non-hydrogen) atoms. The van der Waals surface area contributed by atoms with E-state index in [4.69, 9.17) is 9.47 Å². The zero-order chi connectivity index (χ0) is 16.8. The largest absolute Gasteiger partial charge is 0.462 e. The van der Waals surface area contributed by atoms with Crippen LogP contribution in [0.1, 0.15) is 72.6 Å². The SMILES string of the molecule is CCC(CC(C)(C)C)C(=O)OC12CC3CC(C1)OC(=O)C(C3)C2. The third-order valence-corrected chi connectivity index (χ3v) is 5.71. The standard InChI is InChI=1S/C19H30O4/c1-5-13(9-18(2,3)4)17(21)23-19-8-12-6-14(10-19)16(20)22-15(7-12)11-19/h12-15H,5-11H2,1-4H3. The lowest BCUT2D eigenvalue weighted by Crippen LogP contribution is -2.49. The van der Waals surface area contributed by atoms with Gasteiger partial charge in [0.15, 0.2) is 0 Å². The highest BCUT2D eigenvalue weighted by molar-refractivity contribution is 5.75. The van der Waals surface area contributed by atoms with E-state index in [2.05, 4.69) is 27.7 Å². The van der Waals surface area contributed by atoms with Crippen molar-refractivity contribution in [2.24, 2.45) is 23.2 Å². The number of carbonyl (C=O) groups is 2. The summed E-state index contributed by atoms with van der Waals surface area (Å²) in [6.45, 7) is 8.53. The van der Waals surface area contributed by atoms with Crippen LogP contribution in [0, 0.1) is 23.2 Å². The molecule has 0 spiro atoms. The first kappa shape index (κ1) is 16.8. The maximum atomic E-state index is 12.8. The average molecular weight is 322 g/mol. The highest BCUT2D eigenvalue weighted by Gasteiger charge is 2.55. The molecule has 0 radical (unpaired) electrons. The molecular formula is C19H30O4. The van der Waals surface area contributed by atoms with Gasteiger partial charge in [-0.3, -0.25) is 9.59 Å². The van der Waals surface area contributed by atoms with Gasteiger partial charge in [-0.05, 0) is 43.4 Å². The highest BCUT2D eigenvalue weighted by Crippen LogP contribution is 2.51. The normalized spacial score (nSPS) is 37.2. The minimum atomic E-state index is -0.453. The Morgan fingerprint density at radius 3 is 2.70 bits per heavy atom. The molecule has 4 nitrogen and oxygen atoms in total. The molecular weight excluding hydrogens is 292 g/mol. The summed E-state index contributed by atoms with van der Waals surface area (Å²) in [6, 6.07) is 0. The van der Waals surface area contributed by atoms with E-state index in [9.17, 15) is 9.59 Å². The van der Waals surface area contributed by atoms with E-state index in [1.165, 1.54) is 0 Å². The molecule has 0 N–H and O–H groups in total. The van der Waals surface area contributed by atoms with Crippen LogP contribution in [0.4, 0.5) is 0 Å². The Morgan fingerprint density at radius 1 is 1.30 bits per heavy atom. The average Bonchev–Trinajstić information content (AvgIpc) is 2.57. The number of rotatable bonds is 4. The van der Waals surface area contributed by atoms with Gasteiger partial charge < -0.3 is 9.47 Å². The number of fused-ring (bicyclic) bond motifs is 1. The molecule has 0 aromatic rings. The van der Waals surface area contributed by atoms with Crippen LogP contribution in [-0.4, -0.2) is 23.6 Å². The van der Waals surface area contributed by atoms with Crippen LogP contribution >= 0.6 is 0 Å². The molecule has 2 saturated carbocycles. The zero-order valence-corrected chi connectivity index (χ0v) is 14.9. The fourth-order valence-electron chi connectivity index (χ4n) is 4.93. The number of hydrogen-bond donors (Lipinski definition) is 0. The first-order valence-electron chi connectivity index (χ1n) is 9.13. The molecule has 0 aromatic heterocycles. The molecule has 5 unspecified atom stereocenters. The van der Waals surface area contributed by atoms with Gasteiger partial charge in [-0.1, -0.05) is 27.7 Å². The summed E-state index contributed by atoms with van der Waals surface area (Å²) in [7, 11) is 0. The summed E-state index contributed by atoms with van der Waals surface area (Å²) in [5.74, 6) is 0.195. The molecule has 4 bridgehead atoms. The predicted molar refractivity (Wildman–Crippen MR) is 86.6 cm³/mol. The predicted octanol–water partition coefficient (Wildman–Crippen LogP) is 3.87. The number of esters is 2. The van der Waals surface area contributed by atoms with Crippen molar-refractivity contribution in [3.05, 3.63) is 0 Å². The van der Waals surface area contributed by atoms with E-state index in [1.807, 2.05) is 0 Å². The van der Waals surface area contributed by atoms with Crippen LogP contribution in [0.2, 0.25) is 0 Å². The summed E-state index contributed by atoms with van der Waals surface area (Å²) in [6.07, 6.45) is 5.72. The van der Waals surface area contributed by atoms with Crippen molar-refractivity contribution >= 4 is 11.9 Å². The summed E-state index contributed by atoms with van der Waals surface area (Å²) in [5.41, 5.74) is -0.345. The lowest BCUT2D eigenvalue weighted by atomic mass is 9.65. The first-order chi connectivity index (χ1) is 10.7. The maximum absolute atomic E-state index is 12.8. The molecule has 4 heteroatoms. The Bertz CT molecular complexity index is 492. The lowest BCUT2D eigenvalue weighted by molar-refractivity contribution is -0.180. The van der Waals surface area contributed by atoms with Gasteiger partial charge in [0.05, 0.1) is 11.8 Å². The molecule has 2 saturated heterocycles. The van der Waals surface area contributed by atoms with Crippen molar-refractivity contribution < 1.29 is 19.1 Å². The fraction of sp³-hybridized carbons (Fsp3) is 0.895. The molecule has 0 aromatic carbocycles. The minimum Gasteiger partial charge on any atom is -0.462 e. The monoisotopic (exact) mass is 322 g/mol. The van der Waals surface area contributed by atoms with Crippen molar-refractivity contribution in [2.75, 3.05) is 0 Å². The molecule has 130 valence electrons. The van der Waals surface area contributed by atoms with Gasteiger partial charge in [0, 0.05) is 12.8 Å². The molecule has 4 rings (SSSR count). The van der Waals surface area contributed by atoms with Crippen LogP contribution < -0.4 is 0 Å². The molecule has 0 amide bonds. The van der Waals surface area contributed by atoms with Crippen LogP contribution in [0.3, 0.4) is 0 Å². The van der Waals surface area contributed by atoms with Crippen LogP contribution in [0.15, 0.2) is 0 Å². The van der Waals surface area contributed by atoms with E-state index < -0.39 is 5.60 Å². The van der Waals surface area contributed by atoms with E-state index in [-0.39, 0.29) is 35.3 Å². The van der Waals surface area contributed by atoms with Gasteiger partial charge in [-0.2, -0.15) is 0 Å². The Balaban J connectivity index is 1.74. The van der Waals surface area contributed by atoms with Crippen molar-refractivity contribution in [3.8, 4) is 0 Å². The van der Waals surface area contributed by atoms with Gasteiger partial charge in [0.2, 0.25) is 0 Å². The van der Waals surface area contributed by atoms with E-state index in [0.717, 1.165) is 32.1 Å². The second kappa shape index (κ2) is 5.78. The summed E-state index contributed by atoms with van der Waals surface area (Å²) in [5, 5.41) is 0. The van der Waals surface area contributed by atoms with E-state index >= 15 is 0 Å². The maximum Gasteiger partial charge on any atom is 0.309 e. The third-order valence-electron chi connectivity index (χ3n) is 5.71. The second-order valence-electron chi connectivity index (χ2n) is 9.18. The Morgan fingerprint density at radius 2 is 2.04 bits per heavy atom. The number of ether oxygens (including phenoxy) is 2. The Hall–Kier alpha value is -1.06. The van der Waals surface area contributed by atoms with Crippen molar-refractivity contribution in [1.29, 1.82) is 0 Å². The van der Waals surface area contributed by atoms with E-state index in [0.29, 0.717) is 18.8 Å².